The highest BCUT2D eigenvalue weighted by Gasteiger charge is 2.31. The number of likely N-dealkylation sites (tertiary alicyclic amines) is 1. The average Bonchev–Trinajstić information content (AvgIpc) is 3.45. The third-order valence-corrected chi connectivity index (χ3v) is 6.02. The van der Waals surface area contributed by atoms with Gasteiger partial charge < -0.3 is 14.8 Å². The van der Waals surface area contributed by atoms with Gasteiger partial charge in [0.2, 0.25) is 5.95 Å². The van der Waals surface area contributed by atoms with E-state index in [1.165, 1.54) is 24.3 Å². The van der Waals surface area contributed by atoms with Gasteiger partial charge in [0.05, 0.1) is 5.69 Å². The number of halogens is 2. The quantitative estimate of drug-likeness (QED) is 0.497. The van der Waals surface area contributed by atoms with Crippen molar-refractivity contribution >= 4 is 22.8 Å². The van der Waals surface area contributed by atoms with Gasteiger partial charge in [-0.2, -0.15) is 0 Å². The van der Waals surface area contributed by atoms with Crippen LogP contribution in [0.2, 0.25) is 0 Å². The molecule has 1 amide bonds. The first-order chi connectivity index (χ1) is 15.9. The minimum Gasteiger partial charge on any atom is -0.351 e. The number of anilines is 1. The Balaban J connectivity index is 1.45. The van der Waals surface area contributed by atoms with E-state index in [1.807, 2.05) is 25.1 Å². The summed E-state index contributed by atoms with van der Waals surface area (Å²) in [6, 6.07) is 12.5. The van der Waals surface area contributed by atoms with E-state index >= 15 is 0 Å². The number of rotatable bonds is 4. The maximum Gasteiger partial charge on any atom is 0.270 e. The van der Waals surface area contributed by atoms with E-state index < -0.39 is 0 Å². The summed E-state index contributed by atoms with van der Waals surface area (Å²) >= 11 is 0. The molecule has 1 aliphatic heterocycles. The lowest BCUT2D eigenvalue weighted by atomic mass is 9.96. The van der Waals surface area contributed by atoms with Gasteiger partial charge in [-0.25, -0.2) is 18.7 Å². The van der Waals surface area contributed by atoms with Crippen LogP contribution in [0.25, 0.3) is 22.0 Å². The van der Waals surface area contributed by atoms with Crippen molar-refractivity contribution in [2.24, 2.45) is 0 Å². The molecule has 1 unspecified atom stereocenters. The second-order valence-corrected chi connectivity index (χ2v) is 8.53. The summed E-state index contributed by atoms with van der Waals surface area (Å²) in [7, 11) is 3.73. The summed E-state index contributed by atoms with van der Waals surface area (Å²) < 4.78 is 27.4. The van der Waals surface area contributed by atoms with Crippen molar-refractivity contribution in [2.45, 2.75) is 12.3 Å². The second kappa shape index (κ2) is 8.27. The largest absolute Gasteiger partial charge is 0.351 e. The minimum atomic E-state index is -0.341. The van der Waals surface area contributed by atoms with E-state index in [2.05, 4.69) is 9.97 Å². The van der Waals surface area contributed by atoms with Gasteiger partial charge in [0, 0.05) is 55.8 Å². The van der Waals surface area contributed by atoms with E-state index in [-0.39, 0.29) is 23.5 Å². The van der Waals surface area contributed by atoms with Gasteiger partial charge in [-0.15, -0.1) is 0 Å². The standard InChI is InChI=1S/C25H23F2N5O/c1-31(2)25-28-13-20(15-4-3-5-18(26)10-15)23(30-25)16-8-9-32(14-16)24(33)22-12-17-11-19(27)6-7-21(17)29-22/h3-7,10-13,16,29H,8-9,14H2,1-2H3. The molecule has 168 valence electrons. The maximum atomic E-state index is 13.9. The van der Waals surface area contributed by atoms with Crippen LogP contribution in [0.1, 0.15) is 28.5 Å². The van der Waals surface area contributed by atoms with Crippen molar-refractivity contribution in [3.8, 4) is 11.1 Å². The first-order valence-electron chi connectivity index (χ1n) is 10.8. The van der Waals surface area contributed by atoms with E-state index in [9.17, 15) is 13.6 Å². The van der Waals surface area contributed by atoms with Gasteiger partial charge in [0.15, 0.2) is 0 Å². The Morgan fingerprint density at radius 2 is 1.94 bits per heavy atom. The number of aromatic nitrogens is 3. The number of hydrogen-bond acceptors (Lipinski definition) is 4. The number of carbonyl (C=O) groups is 1. The van der Waals surface area contributed by atoms with Crippen molar-refractivity contribution in [3.05, 3.63) is 77.8 Å². The van der Waals surface area contributed by atoms with Gasteiger partial charge in [0.1, 0.15) is 17.3 Å². The second-order valence-electron chi connectivity index (χ2n) is 8.53. The van der Waals surface area contributed by atoms with Gasteiger partial charge in [-0.3, -0.25) is 4.79 Å². The number of benzene rings is 2. The summed E-state index contributed by atoms with van der Waals surface area (Å²) in [5.41, 5.74) is 3.42. The molecular weight excluding hydrogens is 424 g/mol. The molecule has 0 bridgehead atoms. The molecule has 4 aromatic rings. The van der Waals surface area contributed by atoms with Crippen LogP contribution in [-0.2, 0) is 0 Å². The fourth-order valence-corrected chi connectivity index (χ4v) is 4.35. The Morgan fingerprint density at radius 1 is 1.12 bits per heavy atom. The molecule has 0 aliphatic carbocycles. The van der Waals surface area contributed by atoms with E-state index in [0.717, 1.165) is 23.2 Å². The Hall–Kier alpha value is -3.81. The van der Waals surface area contributed by atoms with Crippen LogP contribution in [0.4, 0.5) is 14.7 Å². The SMILES string of the molecule is CN(C)c1ncc(-c2cccc(F)c2)c(C2CCN(C(=O)c3cc4cc(F)ccc4[nH]3)C2)n1. The predicted molar refractivity (Wildman–Crippen MR) is 123 cm³/mol. The number of aromatic amines is 1. The molecule has 3 heterocycles. The lowest BCUT2D eigenvalue weighted by Crippen LogP contribution is -2.29. The summed E-state index contributed by atoms with van der Waals surface area (Å²) in [5.74, 6) is -0.257. The molecule has 1 N–H and O–H groups in total. The monoisotopic (exact) mass is 447 g/mol. The van der Waals surface area contributed by atoms with Crippen LogP contribution in [0, 0.1) is 11.6 Å². The van der Waals surface area contributed by atoms with Crippen LogP contribution in [-0.4, -0.2) is 52.9 Å². The van der Waals surface area contributed by atoms with Crippen LogP contribution in [0.15, 0.2) is 54.7 Å². The smallest absolute Gasteiger partial charge is 0.270 e. The third kappa shape index (κ3) is 4.04. The molecule has 1 aliphatic rings. The lowest BCUT2D eigenvalue weighted by molar-refractivity contribution is 0.0786. The van der Waals surface area contributed by atoms with E-state index in [0.29, 0.717) is 35.7 Å². The molecule has 1 atom stereocenters. The fourth-order valence-electron chi connectivity index (χ4n) is 4.35. The lowest BCUT2D eigenvalue weighted by Gasteiger charge is -2.19. The first kappa shape index (κ1) is 21.1. The Kier molecular flexibility index (Phi) is 5.28. The molecule has 0 spiro atoms. The van der Waals surface area contributed by atoms with Gasteiger partial charge in [-0.05, 0) is 48.4 Å². The molecule has 0 saturated carbocycles. The Morgan fingerprint density at radius 3 is 2.73 bits per heavy atom. The summed E-state index contributed by atoms with van der Waals surface area (Å²) in [5, 5.41) is 0.661. The van der Waals surface area contributed by atoms with Crippen LogP contribution < -0.4 is 4.90 Å². The van der Waals surface area contributed by atoms with Crippen LogP contribution >= 0.6 is 0 Å². The number of nitrogens with zero attached hydrogens (tertiary/aromatic N) is 4. The number of H-pyrrole nitrogens is 1. The highest BCUT2D eigenvalue weighted by molar-refractivity contribution is 5.98. The topological polar surface area (TPSA) is 65.1 Å². The molecule has 33 heavy (non-hydrogen) atoms. The van der Waals surface area contributed by atoms with Crippen molar-refractivity contribution < 1.29 is 13.6 Å². The minimum absolute atomic E-state index is 0.0178. The number of carbonyl (C=O) groups excluding carboxylic acids is 1. The van der Waals surface area contributed by atoms with Crippen molar-refractivity contribution in [2.75, 3.05) is 32.1 Å². The van der Waals surface area contributed by atoms with Crippen molar-refractivity contribution in [3.63, 3.8) is 0 Å². The Bertz CT molecular complexity index is 1350. The number of hydrogen-bond donors (Lipinski definition) is 1. The van der Waals surface area contributed by atoms with Crippen molar-refractivity contribution in [1.82, 2.24) is 19.9 Å². The molecule has 1 fully saturated rings. The number of nitrogens with one attached hydrogen (secondary N) is 1. The number of fused-ring (bicyclic) bond motifs is 1. The van der Waals surface area contributed by atoms with Crippen LogP contribution in [0.5, 0.6) is 0 Å². The number of amides is 1. The first-order valence-corrected chi connectivity index (χ1v) is 10.8. The van der Waals surface area contributed by atoms with Gasteiger partial charge in [0.25, 0.3) is 5.91 Å². The molecule has 5 rings (SSSR count). The molecule has 1 saturated heterocycles. The molecule has 8 heteroatoms. The summed E-state index contributed by atoms with van der Waals surface area (Å²) in [6.07, 6.45) is 2.45. The highest BCUT2D eigenvalue weighted by atomic mass is 19.1. The zero-order chi connectivity index (χ0) is 23.1. The predicted octanol–water partition coefficient (Wildman–Crippen LogP) is 4.60. The highest BCUT2D eigenvalue weighted by Crippen LogP contribution is 2.35. The molecule has 0 radical (unpaired) electrons. The van der Waals surface area contributed by atoms with Gasteiger partial charge >= 0.3 is 0 Å². The normalized spacial score (nSPS) is 15.9. The zero-order valence-corrected chi connectivity index (χ0v) is 18.3. The molecule has 2 aromatic heterocycles. The summed E-state index contributed by atoms with van der Waals surface area (Å²) in [4.78, 5) is 29.1. The maximum absolute atomic E-state index is 13.9. The fraction of sp³-hybridized carbons (Fsp3) is 0.240. The van der Waals surface area contributed by atoms with Crippen molar-refractivity contribution in [1.29, 1.82) is 0 Å². The zero-order valence-electron chi connectivity index (χ0n) is 18.3. The molecular formula is C25H23F2N5O. The van der Waals surface area contributed by atoms with E-state index in [4.69, 9.17) is 4.98 Å². The summed E-state index contributed by atoms with van der Waals surface area (Å²) in [6.45, 7) is 1.05. The van der Waals surface area contributed by atoms with Gasteiger partial charge in [-0.1, -0.05) is 12.1 Å². The van der Waals surface area contributed by atoms with Crippen LogP contribution in [0.3, 0.4) is 0 Å². The van der Waals surface area contributed by atoms with E-state index in [1.54, 1.807) is 29.3 Å². The Labute approximate surface area is 189 Å². The molecule has 2 aromatic carbocycles. The third-order valence-electron chi connectivity index (χ3n) is 6.02. The average molecular weight is 447 g/mol. The molecule has 6 nitrogen and oxygen atoms in total.